The van der Waals surface area contributed by atoms with Gasteiger partial charge in [0.05, 0.1) is 22.0 Å². The number of ether oxygens (including phenoxy) is 1. The molecule has 0 aliphatic heterocycles. The summed E-state index contributed by atoms with van der Waals surface area (Å²) >= 11 is 0. The first kappa shape index (κ1) is 27.2. The van der Waals surface area contributed by atoms with E-state index >= 15 is 0 Å². The molecule has 0 radical (unpaired) electrons. The maximum absolute atomic E-state index is 12.6. The lowest BCUT2D eigenvalue weighted by atomic mass is 9.98. The maximum atomic E-state index is 12.6. The third-order valence-electron chi connectivity index (χ3n) is 6.27. The Labute approximate surface area is 228 Å². The first-order chi connectivity index (χ1) is 18.9. The molecule has 0 atom stereocenters. The summed E-state index contributed by atoms with van der Waals surface area (Å²) in [7, 11) is -3.41. The number of oxazole rings is 1. The van der Waals surface area contributed by atoms with E-state index in [1.165, 1.54) is 30.7 Å². The van der Waals surface area contributed by atoms with Crippen LogP contribution >= 0.6 is 0 Å². The average molecular weight is 568 g/mol. The Hall–Kier alpha value is -4.38. The van der Waals surface area contributed by atoms with Crippen LogP contribution in [0.2, 0.25) is 0 Å². The first-order valence-electron chi connectivity index (χ1n) is 12.1. The zero-order valence-corrected chi connectivity index (χ0v) is 22.5. The number of sulfone groups is 1. The number of alkyl halides is 3. The summed E-state index contributed by atoms with van der Waals surface area (Å²) in [6, 6.07) is 18.0. The van der Waals surface area contributed by atoms with Crippen LogP contribution in [-0.2, 0) is 16.3 Å². The Morgan fingerprint density at radius 1 is 0.975 bits per heavy atom. The van der Waals surface area contributed by atoms with Crippen molar-refractivity contribution in [1.29, 1.82) is 0 Å². The molecule has 0 fully saturated rings. The molecule has 11 heteroatoms. The minimum Gasteiger partial charge on any atom is -0.443 e. The SMILES string of the molecule is Cc1cn(-c2ccc(-c3cccc(S(C)(=O)=O)c3)cc2-c2ocnc2Cc2ccc(OC(F)(F)F)cc2)c(C)n1. The summed E-state index contributed by atoms with van der Waals surface area (Å²) in [5.74, 6) is 0.915. The van der Waals surface area contributed by atoms with Gasteiger partial charge in [-0.2, -0.15) is 0 Å². The van der Waals surface area contributed by atoms with Gasteiger partial charge in [-0.15, -0.1) is 13.2 Å². The third kappa shape index (κ3) is 5.94. The number of hydrogen-bond donors (Lipinski definition) is 0. The second kappa shape index (κ2) is 10.3. The lowest BCUT2D eigenvalue weighted by molar-refractivity contribution is -0.274. The summed E-state index contributed by atoms with van der Waals surface area (Å²) in [6.07, 6.45) is -0.111. The summed E-state index contributed by atoms with van der Waals surface area (Å²) in [5.41, 5.74) is 5.03. The number of halogens is 3. The predicted octanol–water partition coefficient (Wildman–Crippen LogP) is 6.70. The fraction of sp³-hybridized carbons (Fsp3) is 0.172. The van der Waals surface area contributed by atoms with E-state index in [1.54, 1.807) is 18.2 Å². The van der Waals surface area contributed by atoms with Gasteiger partial charge in [-0.3, -0.25) is 0 Å². The van der Waals surface area contributed by atoms with Crippen LogP contribution in [0.3, 0.4) is 0 Å². The molecule has 5 rings (SSSR count). The number of rotatable bonds is 7. The van der Waals surface area contributed by atoms with Gasteiger partial charge in [0.15, 0.2) is 22.0 Å². The highest BCUT2D eigenvalue weighted by molar-refractivity contribution is 7.90. The molecule has 0 spiro atoms. The fourth-order valence-electron chi connectivity index (χ4n) is 4.49. The van der Waals surface area contributed by atoms with E-state index in [-0.39, 0.29) is 17.1 Å². The van der Waals surface area contributed by atoms with Crippen molar-refractivity contribution in [2.45, 2.75) is 31.5 Å². The number of imidazole rings is 1. The van der Waals surface area contributed by atoms with Crippen LogP contribution in [0.15, 0.2) is 88.6 Å². The van der Waals surface area contributed by atoms with Gasteiger partial charge >= 0.3 is 6.36 Å². The van der Waals surface area contributed by atoms with Gasteiger partial charge in [0.2, 0.25) is 0 Å². The molecular formula is C29H24F3N3O4S. The highest BCUT2D eigenvalue weighted by Gasteiger charge is 2.31. The Kier molecular flexibility index (Phi) is 7.01. The predicted molar refractivity (Wildman–Crippen MR) is 143 cm³/mol. The molecule has 206 valence electrons. The van der Waals surface area contributed by atoms with Crippen molar-refractivity contribution in [3.05, 3.63) is 102 Å². The van der Waals surface area contributed by atoms with Gasteiger partial charge in [-0.25, -0.2) is 18.4 Å². The average Bonchev–Trinajstić information content (AvgIpc) is 3.48. The number of aromatic nitrogens is 3. The van der Waals surface area contributed by atoms with Crippen LogP contribution in [0, 0.1) is 13.8 Å². The van der Waals surface area contributed by atoms with Gasteiger partial charge in [-0.05, 0) is 66.9 Å². The van der Waals surface area contributed by atoms with Crippen LogP contribution in [0.1, 0.15) is 22.8 Å². The zero-order chi connectivity index (χ0) is 28.7. The lowest BCUT2D eigenvalue weighted by Crippen LogP contribution is -2.17. The molecule has 5 aromatic rings. The van der Waals surface area contributed by atoms with E-state index in [2.05, 4.69) is 14.7 Å². The Morgan fingerprint density at radius 2 is 1.70 bits per heavy atom. The van der Waals surface area contributed by atoms with Crippen molar-refractivity contribution in [1.82, 2.24) is 14.5 Å². The first-order valence-corrected chi connectivity index (χ1v) is 14.0. The number of nitrogens with zero attached hydrogens (tertiary/aromatic N) is 3. The van der Waals surface area contributed by atoms with Gasteiger partial charge in [0.1, 0.15) is 11.6 Å². The fourth-order valence-corrected chi connectivity index (χ4v) is 5.16. The monoisotopic (exact) mass is 567 g/mol. The maximum Gasteiger partial charge on any atom is 0.573 e. The Morgan fingerprint density at radius 3 is 2.35 bits per heavy atom. The van der Waals surface area contributed by atoms with Crippen molar-refractivity contribution in [2.75, 3.05) is 6.26 Å². The van der Waals surface area contributed by atoms with Crippen molar-refractivity contribution in [2.24, 2.45) is 0 Å². The standard InChI is InChI=1S/C29H24F3N3O4S/c1-18-16-35(19(2)34-18)27-12-9-22(21-5-4-6-24(14-21)40(3,36)37)15-25(27)28-26(33-17-38-28)13-20-7-10-23(11-8-20)39-29(30,31)32/h4-12,14-17H,13H2,1-3H3. The van der Waals surface area contributed by atoms with Gasteiger partial charge < -0.3 is 13.7 Å². The van der Waals surface area contributed by atoms with Crippen molar-refractivity contribution < 1.29 is 30.7 Å². The van der Waals surface area contributed by atoms with E-state index < -0.39 is 16.2 Å². The highest BCUT2D eigenvalue weighted by atomic mass is 32.2. The Balaban J connectivity index is 1.59. The van der Waals surface area contributed by atoms with E-state index in [4.69, 9.17) is 4.42 Å². The summed E-state index contributed by atoms with van der Waals surface area (Å²) in [6.45, 7) is 3.77. The molecule has 0 aliphatic carbocycles. The van der Waals surface area contributed by atoms with Crippen LogP contribution in [0.25, 0.3) is 28.1 Å². The van der Waals surface area contributed by atoms with Crippen molar-refractivity contribution in [3.63, 3.8) is 0 Å². The molecule has 0 amide bonds. The molecule has 0 bridgehead atoms. The molecule has 7 nitrogen and oxygen atoms in total. The normalized spacial score (nSPS) is 12.1. The number of aryl methyl sites for hydroxylation is 2. The summed E-state index contributed by atoms with van der Waals surface area (Å²) < 4.78 is 73.7. The summed E-state index contributed by atoms with van der Waals surface area (Å²) in [5, 5.41) is 0. The lowest BCUT2D eigenvalue weighted by Gasteiger charge is -2.14. The highest BCUT2D eigenvalue weighted by Crippen LogP contribution is 2.36. The van der Waals surface area contributed by atoms with E-state index in [9.17, 15) is 21.6 Å². The van der Waals surface area contributed by atoms with E-state index in [0.717, 1.165) is 29.0 Å². The van der Waals surface area contributed by atoms with Crippen LogP contribution in [0.5, 0.6) is 5.75 Å². The Bertz CT molecular complexity index is 1790. The number of benzene rings is 3. The molecule has 0 unspecified atom stereocenters. The topological polar surface area (TPSA) is 87.2 Å². The molecule has 3 aromatic carbocycles. The van der Waals surface area contributed by atoms with Crippen molar-refractivity contribution >= 4 is 9.84 Å². The van der Waals surface area contributed by atoms with Gasteiger partial charge in [0, 0.05) is 24.4 Å². The number of hydrogen-bond acceptors (Lipinski definition) is 6. The van der Waals surface area contributed by atoms with Crippen molar-refractivity contribution in [3.8, 4) is 33.9 Å². The minimum atomic E-state index is -4.77. The summed E-state index contributed by atoms with van der Waals surface area (Å²) in [4.78, 5) is 9.11. The van der Waals surface area contributed by atoms with Gasteiger partial charge in [0.25, 0.3) is 0 Å². The molecule has 40 heavy (non-hydrogen) atoms. The smallest absolute Gasteiger partial charge is 0.443 e. The minimum absolute atomic E-state index is 0.204. The molecular weight excluding hydrogens is 543 g/mol. The zero-order valence-electron chi connectivity index (χ0n) is 21.7. The van der Waals surface area contributed by atoms with Crippen LogP contribution < -0.4 is 4.74 Å². The van der Waals surface area contributed by atoms with E-state index in [1.807, 2.05) is 48.9 Å². The molecule has 0 aliphatic rings. The second-order valence-electron chi connectivity index (χ2n) is 9.33. The largest absolute Gasteiger partial charge is 0.573 e. The molecule has 2 heterocycles. The van der Waals surface area contributed by atoms with Gasteiger partial charge in [-0.1, -0.05) is 30.3 Å². The molecule has 0 saturated carbocycles. The van der Waals surface area contributed by atoms with Crippen LogP contribution in [-0.4, -0.2) is 35.6 Å². The molecule has 0 saturated heterocycles. The third-order valence-corrected chi connectivity index (χ3v) is 7.38. The molecule has 0 N–H and O–H groups in total. The van der Waals surface area contributed by atoms with E-state index in [0.29, 0.717) is 28.1 Å². The quantitative estimate of drug-likeness (QED) is 0.217. The second-order valence-corrected chi connectivity index (χ2v) is 11.3. The van der Waals surface area contributed by atoms with Crippen LogP contribution in [0.4, 0.5) is 13.2 Å². The molecule has 2 aromatic heterocycles.